The highest BCUT2D eigenvalue weighted by Crippen LogP contribution is 2.27. The average molecular weight is 511 g/mol. The first-order valence-electron chi connectivity index (χ1n) is 11.5. The van der Waals surface area contributed by atoms with Crippen molar-refractivity contribution >= 4 is 33.4 Å². The minimum atomic E-state index is -3.95. The topological polar surface area (TPSA) is 66.5 Å². The van der Waals surface area contributed by atoms with Gasteiger partial charge in [0.15, 0.2) is 0 Å². The zero-order valence-corrected chi connectivity index (χ0v) is 22.8. The number of rotatable bonds is 8. The second-order valence-electron chi connectivity index (χ2n) is 9.68. The van der Waals surface area contributed by atoms with Gasteiger partial charge in [-0.15, -0.1) is 11.8 Å². The molecule has 35 heavy (non-hydrogen) atoms. The molecular formula is C28H34N2O3S2. The van der Waals surface area contributed by atoms with Gasteiger partial charge < -0.3 is 5.32 Å². The fourth-order valence-electron chi connectivity index (χ4n) is 3.67. The number of amides is 1. The number of carbonyl (C=O) groups is 1. The van der Waals surface area contributed by atoms with Crippen molar-refractivity contribution in [1.29, 1.82) is 0 Å². The van der Waals surface area contributed by atoms with Crippen LogP contribution in [0, 0.1) is 6.92 Å². The summed E-state index contributed by atoms with van der Waals surface area (Å²) in [6.45, 7) is 9.98. The van der Waals surface area contributed by atoms with Crippen LogP contribution in [0.5, 0.6) is 0 Å². The number of carbonyl (C=O) groups excluding carboxylic acids is 1. The fraction of sp³-hybridized carbons (Fsp3) is 0.321. The van der Waals surface area contributed by atoms with E-state index in [2.05, 4.69) is 38.2 Å². The Labute approximate surface area is 214 Å². The van der Waals surface area contributed by atoms with E-state index in [1.165, 1.54) is 21.6 Å². The van der Waals surface area contributed by atoms with Crippen LogP contribution in [0.1, 0.15) is 50.4 Å². The Morgan fingerprint density at radius 3 is 2.03 bits per heavy atom. The summed E-state index contributed by atoms with van der Waals surface area (Å²) < 4.78 is 28.3. The average Bonchev–Trinajstić information content (AvgIpc) is 2.82. The Bertz CT molecular complexity index is 1250. The maximum absolute atomic E-state index is 13.6. The molecule has 1 amide bonds. The van der Waals surface area contributed by atoms with Gasteiger partial charge in [-0.3, -0.25) is 9.10 Å². The van der Waals surface area contributed by atoms with Crippen molar-refractivity contribution in [2.45, 2.75) is 55.9 Å². The molecule has 0 unspecified atom stereocenters. The summed E-state index contributed by atoms with van der Waals surface area (Å²) in [7, 11) is -3.95. The molecule has 0 aliphatic heterocycles. The van der Waals surface area contributed by atoms with Gasteiger partial charge in [-0.2, -0.15) is 0 Å². The minimum Gasteiger partial charge on any atom is -0.348 e. The molecule has 0 saturated heterocycles. The van der Waals surface area contributed by atoms with Crippen LogP contribution in [0.25, 0.3) is 0 Å². The molecule has 186 valence electrons. The van der Waals surface area contributed by atoms with Gasteiger partial charge in [0.25, 0.3) is 10.0 Å². The SMILES string of the molecule is CSc1ccc(S(=O)(=O)N(CC(=O)N[C@@H](C)c2ccc(C(C)(C)C)cc2)c2ccc(C)cc2)cc1. The van der Waals surface area contributed by atoms with E-state index in [4.69, 9.17) is 0 Å². The number of benzene rings is 3. The van der Waals surface area contributed by atoms with E-state index in [0.717, 1.165) is 16.0 Å². The van der Waals surface area contributed by atoms with Gasteiger partial charge in [-0.05, 0) is 73.0 Å². The lowest BCUT2D eigenvalue weighted by Gasteiger charge is -2.25. The lowest BCUT2D eigenvalue weighted by molar-refractivity contribution is -0.120. The first kappa shape index (κ1) is 26.8. The summed E-state index contributed by atoms with van der Waals surface area (Å²) in [6, 6.07) is 21.7. The number of anilines is 1. The molecule has 3 aromatic rings. The van der Waals surface area contributed by atoms with Gasteiger partial charge in [0.1, 0.15) is 6.54 Å². The van der Waals surface area contributed by atoms with Crippen molar-refractivity contribution in [2.24, 2.45) is 0 Å². The van der Waals surface area contributed by atoms with Crippen molar-refractivity contribution in [3.05, 3.63) is 89.5 Å². The molecule has 0 aromatic heterocycles. The Balaban J connectivity index is 1.84. The number of nitrogens with one attached hydrogen (secondary N) is 1. The molecule has 0 aliphatic carbocycles. The van der Waals surface area contributed by atoms with Crippen molar-refractivity contribution in [3.63, 3.8) is 0 Å². The van der Waals surface area contributed by atoms with Crippen LogP contribution in [0.15, 0.2) is 82.6 Å². The van der Waals surface area contributed by atoms with E-state index in [1.54, 1.807) is 36.4 Å². The molecule has 3 aromatic carbocycles. The Hall–Kier alpha value is -2.77. The van der Waals surface area contributed by atoms with Crippen molar-refractivity contribution < 1.29 is 13.2 Å². The number of hydrogen-bond donors (Lipinski definition) is 1. The summed E-state index contributed by atoms with van der Waals surface area (Å²) in [4.78, 5) is 14.2. The molecule has 0 spiro atoms. The number of thioether (sulfide) groups is 1. The quantitative estimate of drug-likeness (QED) is 0.373. The van der Waals surface area contributed by atoms with Gasteiger partial charge >= 0.3 is 0 Å². The molecule has 0 heterocycles. The standard InChI is InChI=1S/C28H34N2O3S2/c1-20-7-13-24(14-8-20)30(35(32,33)26-17-15-25(34-6)16-18-26)19-27(31)29-21(2)22-9-11-23(12-10-22)28(3,4)5/h7-18,21H,19H2,1-6H3,(H,29,31)/t21-/m0/s1. The molecule has 0 fully saturated rings. The molecule has 0 bridgehead atoms. The van der Waals surface area contributed by atoms with Gasteiger partial charge in [0, 0.05) is 4.90 Å². The van der Waals surface area contributed by atoms with E-state index in [0.29, 0.717) is 5.69 Å². The fourth-order valence-corrected chi connectivity index (χ4v) is 5.50. The molecule has 7 heteroatoms. The summed E-state index contributed by atoms with van der Waals surface area (Å²) in [6.07, 6.45) is 1.93. The first-order chi connectivity index (χ1) is 16.4. The summed E-state index contributed by atoms with van der Waals surface area (Å²) in [5.74, 6) is -0.373. The highest BCUT2D eigenvalue weighted by atomic mass is 32.2. The van der Waals surface area contributed by atoms with Gasteiger partial charge in [0.2, 0.25) is 5.91 Å². The second kappa shape index (κ2) is 10.9. The van der Waals surface area contributed by atoms with E-state index < -0.39 is 10.0 Å². The zero-order valence-electron chi connectivity index (χ0n) is 21.2. The molecule has 5 nitrogen and oxygen atoms in total. The molecule has 0 radical (unpaired) electrons. The smallest absolute Gasteiger partial charge is 0.264 e. The van der Waals surface area contributed by atoms with Gasteiger partial charge in [-0.25, -0.2) is 8.42 Å². The predicted octanol–water partition coefficient (Wildman–Crippen LogP) is 6.09. The van der Waals surface area contributed by atoms with E-state index in [1.807, 2.05) is 44.4 Å². The predicted molar refractivity (Wildman–Crippen MR) is 146 cm³/mol. The van der Waals surface area contributed by atoms with Crippen LogP contribution in [0.2, 0.25) is 0 Å². The van der Waals surface area contributed by atoms with Crippen molar-refractivity contribution in [1.82, 2.24) is 5.32 Å². The van der Waals surface area contributed by atoms with Crippen LogP contribution < -0.4 is 9.62 Å². The van der Waals surface area contributed by atoms with Crippen LogP contribution in [0.4, 0.5) is 5.69 Å². The lowest BCUT2D eigenvalue weighted by Crippen LogP contribution is -2.41. The third-order valence-corrected chi connectivity index (χ3v) is 8.44. The summed E-state index contributed by atoms with van der Waals surface area (Å²) in [5, 5.41) is 2.96. The molecular weight excluding hydrogens is 476 g/mol. The second-order valence-corrected chi connectivity index (χ2v) is 12.4. The third kappa shape index (κ3) is 6.67. The van der Waals surface area contributed by atoms with Gasteiger partial charge in [0.05, 0.1) is 16.6 Å². The highest BCUT2D eigenvalue weighted by molar-refractivity contribution is 7.98. The van der Waals surface area contributed by atoms with Crippen LogP contribution in [-0.2, 0) is 20.2 Å². The Kier molecular flexibility index (Phi) is 8.34. The maximum atomic E-state index is 13.6. The third-order valence-electron chi connectivity index (χ3n) is 5.91. The van der Waals surface area contributed by atoms with Crippen molar-refractivity contribution in [2.75, 3.05) is 17.1 Å². The normalized spacial score (nSPS) is 12.7. The van der Waals surface area contributed by atoms with E-state index in [9.17, 15) is 13.2 Å². The number of aryl methyl sites for hydroxylation is 1. The van der Waals surface area contributed by atoms with Crippen LogP contribution in [-0.4, -0.2) is 27.1 Å². The molecule has 0 saturated carbocycles. The monoisotopic (exact) mass is 510 g/mol. The maximum Gasteiger partial charge on any atom is 0.264 e. The van der Waals surface area contributed by atoms with Crippen molar-refractivity contribution in [3.8, 4) is 0 Å². The zero-order chi connectivity index (χ0) is 25.8. The summed E-state index contributed by atoms with van der Waals surface area (Å²) in [5.41, 5.74) is 3.67. The number of hydrogen-bond acceptors (Lipinski definition) is 4. The van der Waals surface area contributed by atoms with Crippen LogP contribution >= 0.6 is 11.8 Å². The van der Waals surface area contributed by atoms with E-state index in [-0.39, 0.29) is 28.8 Å². The number of nitrogens with zero attached hydrogens (tertiary/aromatic N) is 1. The highest BCUT2D eigenvalue weighted by Gasteiger charge is 2.28. The van der Waals surface area contributed by atoms with Gasteiger partial charge in [-0.1, -0.05) is 62.7 Å². The first-order valence-corrected chi connectivity index (χ1v) is 14.2. The minimum absolute atomic E-state index is 0.0436. The Morgan fingerprint density at radius 1 is 0.943 bits per heavy atom. The number of sulfonamides is 1. The molecule has 1 N–H and O–H groups in total. The summed E-state index contributed by atoms with van der Waals surface area (Å²) >= 11 is 1.54. The molecule has 1 atom stereocenters. The molecule has 3 rings (SSSR count). The van der Waals surface area contributed by atoms with Crippen LogP contribution in [0.3, 0.4) is 0 Å². The largest absolute Gasteiger partial charge is 0.348 e. The van der Waals surface area contributed by atoms with E-state index >= 15 is 0 Å². The Morgan fingerprint density at radius 2 is 1.51 bits per heavy atom. The molecule has 0 aliphatic rings. The lowest BCUT2D eigenvalue weighted by atomic mass is 9.86.